The lowest BCUT2D eigenvalue weighted by Crippen LogP contribution is -2.14. The van der Waals surface area contributed by atoms with Gasteiger partial charge < -0.3 is 10.1 Å². The molecule has 0 bridgehead atoms. The molecule has 3 aromatic heterocycles. The third-order valence-electron chi connectivity index (χ3n) is 2.87. The number of anilines is 1. The molecule has 1 amide bonds. The minimum Gasteiger partial charge on any atom is -0.469 e. The van der Waals surface area contributed by atoms with Gasteiger partial charge in [0.25, 0.3) is 18.2 Å². The highest BCUT2D eigenvalue weighted by Crippen LogP contribution is 2.25. The first-order valence-electron chi connectivity index (χ1n) is 6.73. The van der Waals surface area contributed by atoms with Crippen molar-refractivity contribution in [3.05, 3.63) is 29.7 Å². The fraction of sp³-hybridized carbons (Fsp3) is 0.231. The van der Waals surface area contributed by atoms with Crippen molar-refractivity contribution in [1.29, 1.82) is 0 Å². The van der Waals surface area contributed by atoms with Crippen LogP contribution in [0, 0.1) is 0 Å². The Hall–Kier alpha value is -2.82. The molecule has 0 saturated heterocycles. The predicted molar refractivity (Wildman–Crippen MR) is 82.4 cm³/mol. The molecule has 3 aromatic rings. The summed E-state index contributed by atoms with van der Waals surface area (Å²) >= 11 is 1.29. The van der Waals surface area contributed by atoms with Crippen LogP contribution in [0.5, 0.6) is 5.88 Å². The Bertz CT molecular complexity index is 830. The minimum absolute atomic E-state index is 0.0727. The number of ether oxygens (including phenoxy) is 1. The second kappa shape index (κ2) is 6.74. The van der Waals surface area contributed by atoms with E-state index in [1.165, 1.54) is 22.2 Å². The summed E-state index contributed by atoms with van der Waals surface area (Å²) in [5.74, 6) is -0.563. The number of hydrogen-bond donors (Lipinski definition) is 2. The summed E-state index contributed by atoms with van der Waals surface area (Å²) in [5.41, 5.74) is 1.15. The number of alkyl halides is 2. The highest BCUT2D eigenvalue weighted by Gasteiger charge is 2.17. The van der Waals surface area contributed by atoms with E-state index in [0.29, 0.717) is 5.01 Å². The standard InChI is InChI=1S/C13H12F2N6O2S/c1-21-4-8(12(20-21)23-5-10(14)15)18-11(22)9-6-24-13(19-9)7-2-16-17-3-7/h2-4,6,10H,5H2,1H3,(H,16,17)(H,18,22). The van der Waals surface area contributed by atoms with Crippen LogP contribution in [0.1, 0.15) is 10.5 Å². The van der Waals surface area contributed by atoms with Crippen LogP contribution in [0.25, 0.3) is 10.6 Å². The van der Waals surface area contributed by atoms with Crippen LogP contribution >= 0.6 is 11.3 Å². The highest BCUT2D eigenvalue weighted by atomic mass is 32.1. The monoisotopic (exact) mass is 354 g/mol. The van der Waals surface area contributed by atoms with Crippen molar-refractivity contribution in [3.8, 4) is 16.5 Å². The van der Waals surface area contributed by atoms with Gasteiger partial charge in [-0.05, 0) is 0 Å². The van der Waals surface area contributed by atoms with Crippen LogP contribution in [0.4, 0.5) is 14.5 Å². The molecule has 2 N–H and O–H groups in total. The molecule has 24 heavy (non-hydrogen) atoms. The Kier molecular flexibility index (Phi) is 4.51. The number of carbonyl (C=O) groups excluding carboxylic acids is 1. The van der Waals surface area contributed by atoms with Crippen LogP contribution in [0.15, 0.2) is 24.0 Å². The number of aromatic amines is 1. The van der Waals surface area contributed by atoms with E-state index < -0.39 is 18.9 Å². The van der Waals surface area contributed by atoms with Gasteiger partial charge in [-0.1, -0.05) is 0 Å². The van der Waals surface area contributed by atoms with Crippen LogP contribution in [0.3, 0.4) is 0 Å². The van der Waals surface area contributed by atoms with Gasteiger partial charge in [0, 0.05) is 24.2 Å². The van der Waals surface area contributed by atoms with Crippen LogP contribution < -0.4 is 10.1 Å². The zero-order valence-electron chi connectivity index (χ0n) is 12.4. The van der Waals surface area contributed by atoms with E-state index in [1.807, 2.05) is 0 Å². The molecular formula is C13H12F2N6O2S. The summed E-state index contributed by atoms with van der Waals surface area (Å²) in [6.07, 6.45) is 2.09. The molecule has 8 nitrogen and oxygen atoms in total. The number of thiazole rings is 1. The first-order valence-corrected chi connectivity index (χ1v) is 7.61. The minimum atomic E-state index is -2.63. The topological polar surface area (TPSA) is 97.7 Å². The number of nitrogens with one attached hydrogen (secondary N) is 2. The summed E-state index contributed by atoms with van der Waals surface area (Å²) in [5, 5.41) is 15.2. The average molecular weight is 354 g/mol. The van der Waals surface area contributed by atoms with Gasteiger partial charge in [0.1, 0.15) is 16.4 Å². The number of halogens is 2. The van der Waals surface area contributed by atoms with E-state index in [2.05, 4.69) is 25.6 Å². The van der Waals surface area contributed by atoms with Crippen molar-refractivity contribution >= 4 is 22.9 Å². The number of rotatable bonds is 6. The Morgan fingerprint density at radius 1 is 1.54 bits per heavy atom. The van der Waals surface area contributed by atoms with E-state index in [9.17, 15) is 13.6 Å². The first kappa shape index (κ1) is 16.1. The molecule has 11 heteroatoms. The van der Waals surface area contributed by atoms with Crippen LogP contribution in [-0.2, 0) is 7.05 Å². The summed E-state index contributed by atoms with van der Waals surface area (Å²) in [7, 11) is 1.59. The number of nitrogens with zero attached hydrogens (tertiary/aromatic N) is 4. The van der Waals surface area contributed by atoms with E-state index >= 15 is 0 Å². The molecular weight excluding hydrogens is 342 g/mol. The van der Waals surface area contributed by atoms with Gasteiger partial charge in [-0.25, -0.2) is 13.8 Å². The zero-order chi connectivity index (χ0) is 17.1. The lowest BCUT2D eigenvalue weighted by molar-refractivity contribution is 0.0795. The van der Waals surface area contributed by atoms with Crippen molar-refractivity contribution in [2.24, 2.45) is 7.05 Å². The molecule has 0 radical (unpaired) electrons. The maximum Gasteiger partial charge on any atom is 0.275 e. The predicted octanol–water partition coefficient (Wildman–Crippen LogP) is 2.16. The van der Waals surface area contributed by atoms with Gasteiger partial charge in [0.05, 0.1) is 12.4 Å². The summed E-state index contributed by atoms with van der Waals surface area (Å²) in [6.45, 7) is -0.804. The smallest absolute Gasteiger partial charge is 0.275 e. The maximum atomic E-state index is 12.3. The molecule has 126 valence electrons. The van der Waals surface area contributed by atoms with Gasteiger partial charge in [0.15, 0.2) is 6.61 Å². The van der Waals surface area contributed by atoms with Crippen molar-refractivity contribution in [3.63, 3.8) is 0 Å². The lowest BCUT2D eigenvalue weighted by Gasteiger charge is -2.05. The summed E-state index contributed by atoms with van der Waals surface area (Å²) in [6, 6.07) is 0. The number of carbonyl (C=O) groups is 1. The number of aryl methyl sites for hydroxylation is 1. The Balaban J connectivity index is 1.73. The van der Waals surface area contributed by atoms with Crippen molar-refractivity contribution in [2.45, 2.75) is 6.43 Å². The second-order valence-corrected chi connectivity index (χ2v) is 5.56. The molecule has 0 aliphatic carbocycles. The molecule has 0 saturated carbocycles. The van der Waals surface area contributed by atoms with E-state index in [0.717, 1.165) is 5.56 Å². The fourth-order valence-electron chi connectivity index (χ4n) is 1.87. The highest BCUT2D eigenvalue weighted by molar-refractivity contribution is 7.13. The van der Waals surface area contributed by atoms with Crippen molar-refractivity contribution in [2.75, 3.05) is 11.9 Å². The summed E-state index contributed by atoms with van der Waals surface area (Å²) < 4.78 is 30.8. The van der Waals surface area contributed by atoms with Crippen molar-refractivity contribution < 1.29 is 18.3 Å². The van der Waals surface area contributed by atoms with E-state index in [-0.39, 0.29) is 17.3 Å². The summed E-state index contributed by atoms with van der Waals surface area (Å²) in [4.78, 5) is 16.5. The molecule has 0 atom stereocenters. The lowest BCUT2D eigenvalue weighted by atomic mass is 10.4. The van der Waals surface area contributed by atoms with E-state index in [1.54, 1.807) is 24.8 Å². The number of hydrogen-bond acceptors (Lipinski definition) is 6. The van der Waals surface area contributed by atoms with Crippen LogP contribution in [-0.4, -0.2) is 43.9 Å². The average Bonchev–Trinajstić information content (AvgIpc) is 3.25. The third-order valence-corrected chi connectivity index (χ3v) is 3.76. The largest absolute Gasteiger partial charge is 0.469 e. The molecule has 0 unspecified atom stereocenters. The van der Waals surface area contributed by atoms with Crippen molar-refractivity contribution in [1.82, 2.24) is 25.0 Å². The molecule has 3 rings (SSSR count). The molecule has 0 aromatic carbocycles. The Morgan fingerprint density at radius 3 is 3.08 bits per heavy atom. The first-order chi connectivity index (χ1) is 11.5. The second-order valence-electron chi connectivity index (χ2n) is 4.70. The van der Waals surface area contributed by atoms with Gasteiger partial charge in [-0.3, -0.25) is 14.6 Å². The zero-order valence-corrected chi connectivity index (χ0v) is 13.2. The van der Waals surface area contributed by atoms with E-state index in [4.69, 9.17) is 4.74 Å². The molecule has 0 aliphatic heterocycles. The van der Waals surface area contributed by atoms with Gasteiger partial charge >= 0.3 is 0 Å². The molecule has 0 fully saturated rings. The van der Waals surface area contributed by atoms with Gasteiger partial charge in [-0.15, -0.1) is 16.4 Å². The fourth-order valence-corrected chi connectivity index (χ4v) is 2.65. The Morgan fingerprint density at radius 2 is 2.38 bits per heavy atom. The number of H-pyrrole nitrogens is 1. The number of aromatic nitrogens is 5. The normalized spacial score (nSPS) is 11.0. The number of amides is 1. The molecule has 0 spiro atoms. The van der Waals surface area contributed by atoms with Gasteiger partial charge in [-0.2, -0.15) is 5.10 Å². The molecule has 3 heterocycles. The molecule has 0 aliphatic rings. The maximum absolute atomic E-state index is 12.3. The quantitative estimate of drug-likeness (QED) is 0.707. The third kappa shape index (κ3) is 3.56. The van der Waals surface area contributed by atoms with Crippen LogP contribution in [0.2, 0.25) is 0 Å². The van der Waals surface area contributed by atoms with Gasteiger partial charge in [0.2, 0.25) is 0 Å². The SMILES string of the molecule is Cn1cc(NC(=O)c2csc(-c3cn[nH]c3)n2)c(OCC(F)F)n1. The Labute approximate surface area is 138 Å².